The number of thiophene rings is 1. The fraction of sp³-hybridized carbons (Fsp3) is 0.0556. The van der Waals surface area contributed by atoms with E-state index in [4.69, 9.17) is 4.98 Å². The Kier molecular flexibility index (Phi) is 3.90. The lowest BCUT2D eigenvalue weighted by Gasteiger charge is -2.00. The third-order valence-corrected chi connectivity index (χ3v) is 4.52. The zero-order valence-electron chi connectivity index (χ0n) is 12.7. The number of pyridine rings is 1. The maximum Gasteiger partial charge on any atom is 0.188 e. The van der Waals surface area contributed by atoms with E-state index in [1.54, 1.807) is 11.3 Å². The van der Waals surface area contributed by atoms with Crippen LogP contribution in [0.2, 0.25) is 0 Å². The Morgan fingerprint density at radius 3 is 2.62 bits per heavy atom. The van der Waals surface area contributed by atoms with E-state index in [0.29, 0.717) is 11.5 Å². The quantitative estimate of drug-likeness (QED) is 0.536. The lowest BCUT2D eigenvalue weighted by atomic mass is 10.3. The molecule has 0 bridgehead atoms. The maximum absolute atomic E-state index is 9.57. The number of hydrogen-bond donors (Lipinski definition) is 1. The summed E-state index contributed by atoms with van der Waals surface area (Å²) >= 11 is 1.60. The minimum atomic E-state index is -0.0689. The number of benzene rings is 1. The van der Waals surface area contributed by atoms with Crippen LogP contribution in [0.25, 0.3) is 16.2 Å². The predicted octanol–water partition coefficient (Wildman–Crippen LogP) is 4.97. The van der Waals surface area contributed by atoms with E-state index in [9.17, 15) is 5.11 Å². The topological polar surface area (TPSA) is 62.2 Å². The Labute approximate surface area is 142 Å². The molecule has 0 saturated carbocycles. The molecular formula is C18H14N4OS. The second-order valence-corrected chi connectivity index (χ2v) is 6.13. The average molecular weight is 334 g/mol. The van der Waals surface area contributed by atoms with Crippen molar-refractivity contribution in [1.29, 1.82) is 0 Å². The molecule has 0 atom stereocenters. The second kappa shape index (κ2) is 6.35. The predicted molar refractivity (Wildman–Crippen MR) is 95.0 cm³/mol. The monoisotopic (exact) mass is 334 g/mol. The summed E-state index contributed by atoms with van der Waals surface area (Å²) in [7, 11) is 0. The van der Waals surface area contributed by atoms with Crippen LogP contribution < -0.4 is 0 Å². The minimum Gasteiger partial charge on any atom is -0.392 e. The molecular weight excluding hydrogens is 320 g/mol. The van der Waals surface area contributed by atoms with Gasteiger partial charge in [-0.05, 0) is 29.6 Å². The molecule has 0 aliphatic heterocycles. The fourth-order valence-electron chi connectivity index (χ4n) is 2.51. The van der Waals surface area contributed by atoms with Gasteiger partial charge in [0.05, 0.1) is 17.2 Å². The SMILES string of the molecule is OCc1cccn2c(N=Nc3ccccc3)c(-c3cccs3)nc12. The summed E-state index contributed by atoms with van der Waals surface area (Å²) < 4.78 is 1.87. The van der Waals surface area contributed by atoms with Crippen LogP contribution in [0.15, 0.2) is 76.4 Å². The van der Waals surface area contributed by atoms with Crippen molar-refractivity contribution in [2.45, 2.75) is 6.61 Å². The van der Waals surface area contributed by atoms with E-state index in [2.05, 4.69) is 10.2 Å². The Bertz CT molecular complexity index is 991. The maximum atomic E-state index is 9.57. The number of aliphatic hydroxyl groups excluding tert-OH is 1. The smallest absolute Gasteiger partial charge is 0.188 e. The highest BCUT2D eigenvalue weighted by atomic mass is 32.1. The highest BCUT2D eigenvalue weighted by molar-refractivity contribution is 7.13. The third kappa shape index (κ3) is 2.62. The van der Waals surface area contributed by atoms with Gasteiger partial charge in [0.1, 0.15) is 11.3 Å². The first-order chi connectivity index (χ1) is 11.9. The first-order valence-corrected chi connectivity index (χ1v) is 8.36. The number of fused-ring (bicyclic) bond motifs is 1. The molecule has 0 radical (unpaired) electrons. The largest absolute Gasteiger partial charge is 0.392 e. The number of rotatable bonds is 4. The normalized spacial score (nSPS) is 11.5. The molecule has 24 heavy (non-hydrogen) atoms. The number of azo groups is 1. The van der Waals surface area contributed by atoms with Crippen molar-refractivity contribution in [3.63, 3.8) is 0 Å². The van der Waals surface area contributed by atoms with Crippen molar-refractivity contribution in [3.05, 3.63) is 71.7 Å². The summed E-state index contributed by atoms with van der Waals surface area (Å²) in [4.78, 5) is 5.72. The van der Waals surface area contributed by atoms with Crippen molar-refractivity contribution in [2.75, 3.05) is 0 Å². The van der Waals surface area contributed by atoms with Gasteiger partial charge in [-0.2, -0.15) is 0 Å². The Balaban J connectivity index is 1.91. The Morgan fingerprint density at radius 1 is 1.00 bits per heavy atom. The van der Waals surface area contributed by atoms with E-state index < -0.39 is 0 Å². The minimum absolute atomic E-state index is 0.0689. The van der Waals surface area contributed by atoms with Gasteiger partial charge in [0, 0.05) is 11.8 Å². The molecule has 0 fully saturated rings. The van der Waals surface area contributed by atoms with Gasteiger partial charge in [-0.15, -0.1) is 21.6 Å². The first-order valence-electron chi connectivity index (χ1n) is 7.48. The van der Waals surface area contributed by atoms with Crippen LogP contribution in [0.5, 0.6) is 0 Å². The summed E-state index contributed by atoms with van der Waals surface area (Å²) in [5.41, 5.74) is 3.01. The number of aromatic nitrogens is 2. The molecule has 5 nitrogen and oxygen atoms in total. The molecule has 1 N–H and O–H groups in total. The summed E-state index contributed by atoms with van der Waals surface area (Å²) in [5.74, 6) is 0.659. The molecule has 0 saturated heterocycles. The molecule has 6 heteroatoms. The lowest BCUT2D eigenvalue weighted by molar-refractivity contribution is 0.282. The van der Waals surface area contributed by atoms with Crippen LogP contribution in [0.3, 0.4) is 0 Å². The third-order valence-electron chi connectivity index (χ3n) is 3.65. The van der Waals surface area contributed by atoms with E-state index in [1.807, 2.05) is 70.6 Å². The van der Waals surface area contributed by atoms with Crippen LogP contribution in [-0.4, -0.2) is 14.5 Å². The van der Waals surface area contributed by atoms with Crippen molar-refractivity contribution in [3.8, 4) is 10.6 Å². The van der Waals surface area contributed by atoms with Crippen molar-refractivity contribution >= 4 is 28.5 Å². The molecule has 3 heterocycles. The van der Waals surface area contributed by atoms with Gasteiger partial charge in [0.25, 0.3) is 0 Å². The zero-order chi connectivity index (χ0) is 16.4. The molecule has 0 aliphatic rings. The second-order valence-electron chi connectivity index (χ2n) is 5.18. The van der Waals surface area contributed by atoms with E-state index >= 15 is 0 Å². The van der Waals surface area contributed by atoms with Gasteiger partial charge in [0.2, 0.25) is 0 Å². The molecule has 0 amide bonds. The van der Waals surface area contributed by atoms with Crippen LogP contribution >= 0.6 is 11.3 Å². The van der Waals surface area contributed by atoms with Crippen LogP contribution in [-0.2, 0) is 6.61 Å². The first kappa shape index (κ1) is 14.7. The average Bonchev–Trinajstić information content (AvgIpc) is 3.28. The van der Waals surface area contributed by atoms with Gasteiger partial charge >= 0.3 is 0 Å². The fourth-order valence-corrected chi connectivity index (χ4v) is 3.22. The number of imidazole rings is 1. The molecule has 118 valence electrons. The van der Waals surface area contributed by atoms with E-state index in [1.165, 1.54) is 0 Å². The lowest BCUT2D eigenvalue weighted by Crippen LogP contribution is -1.90. The Hall–Kier alpha value is -2.83. The number of aliphatic hydroxyl groups is 1. The van der Waals surface area contributed by atoms with Gasteiger partial charge < -0.3 is 5.11 Å². The Morgan fingerprint density at radius 2 is 1.88 bits per heavy atom. The van der Waals surface area contributed by atoms with E-state index in [-0.39, 0.29) is 6.61 Å². The van der Waals surface area contributed by atoms with Gasteiger partial charge in [-0.1, -0.05) is 30.3 Å². The zero-order valence-corrected chi connectivity index (χ0v) is 13.5. The summed E-state index contributed by atoms with van der Waals surface area (Å²) in [6, 6.07) is 17.3. The molecule has 4 rings (SSSR count). The number of hydrogen-bond acceptors (Lipinski definition) is 5. The summed E-state index contributed by atoms with van der Waals surface area (Å²) in [5, 5.41) is 20.4. The van der Waals surface area contributed by atoms with Gasteiger partial charge in [-0.25, -0.2) is 4.98 Å². The molecule has 3 aromatic heterocycles. The van der Waals surface area contributed by atoms with Crippen LogP contribution in [0.1, 0.15) is 5.56 Å². The van der Waals surface area contributed by atoms with Crippen LogP contribution in [0, 0.1) is 0 Å². The highest BCUT2D eigenvalue weighted by Crippen LogP contribution is 2.35. The van der Waals surface area contributed by atoms with E-state index in [0.717, 1.165) is 21.8 Å². The van der Waals surface area contributed by atoms with Crippen molar-refractivity contribution in [2.24, 2.45) is 10.2 Å². The van der Waals surface area contributed by atoms with Gasteiger partial charge in [-0.3, -0.25) is 4.40 Å². The molecule has 0 spiro atoms. The summed E-state index contributed by atoms with van der Waals surface area (Å²) in [6.45, 7) is -0.0689. The standard InChI is InChI=1S/C18H14N4OS/c23-12-13-6-4-10-22-17(13)19-16(15-9-5-11-24-15)18(22)21-20-14-7-2-1-3-8-14/h1-11,23H,12H2. The molecule has 1 aromatic carbocycles. The van der Waals surface area contributed by atoms with Crippen molar-refractivity contribution in [1.82, 2.24) is 9.38 Å². The van der Waals surface area contributed by atoms with Crippen molar-refractivity contribution < 1.29 is 5.11 Å². The molecule has 0 unspecified atom stereocenters. The highest BCUT2D eigenvalue weighted by Gasteiger charge is 2.16. The van der Waals surface area contributed by atoms with Crippen LogP contribution in [0.4, 0.5) is 11.5 Å². The molecule has 0 aliphatic carbocycles. The van der Waals surface area contributed by atoms with Gasteiger partial charge in [0.15, 0.2) is 5.82 Å². The number of nitrogens with zero attached hydrogens (tertiary/aromatic N) is 4. The summed E-state index contributed by atoms with van der Waals surface area (Å²) in [6.07, 6.45) is 1.89. The molecule has 4 aromatic rings.